The zero-order valence-electron chi connectivity index (χ0n) is 11.7. The van der Waals surface area contributed by atoms with E-state index >= 15 is 0 Å². The van der Waals surface area contributed by atoms with E-state index in [2.05, 4.69) is 12.2 Å². The number of rotatable bonds is 10. The summed E-state index contributed by atoms with van der Waals surface area (Å²) in [4.78, 5) is 0. The Hall–Kier alpha value is -0.130. The minimum atomic E-state index is -3.04. The van der Waals surface area contributed by atoms with E-state index < -0.39 is 10.0 Å². The maximum atomic E-state index is 11.9. The van der Waals surface area contributed by atoms with E-state index in [9.17, 15) is 8.42 Å². The molecule has 5 heteroatoms. The molecule has 0 radical (unpaired) electrons. The van der Waals surface area contributed by atoms with E-state index in [1.807, 2.05) is 13.8 Å². The summed E-state index contributed by atoms with van der Waals surface area (Å²) in [5.41, 5.74) is 0. The van der Waals surface area contributed by atoms with Crippen LogP contribution in [0, 0.1) is 5.92 Å². The molecular formula is C12H28N2O2S. The second-order valence-corrected chi connectivity index (χ2v) is 7.14. The molecule has 0 heterocycles. The van der Waals surface area contributed by atoms with Crippen LogP contribution in [0.2, 0.25) is 0 Å². The van der Waals surface area contributed by atoms with Gasteiger partial charge in [0.25, 0.3) is 0 Å². The molecule has 0 aromatic carbocycles. The van der Waals surface area contributed by atoms with E-state index in [1.165, 1.54) is 4.31 Å². The highest BCUT2D eigenvalue weighted by molar-refractivity contribution is 7.89. The maximum absolute atomic E-state index is 11.9. The van der Waals surface area contributed by atoms with Gasteiger partial charge in [0.15, 0.2) is 0 Å². The molecule has 0 saturated heterocycles. The Morgan fingerprint density at radius 3 is 2.35 bits per heavy atom. The second kappa shape index (κ2) is 8.89. The molecular weight excluding hydrogens is 236 g/mol. The number of nitrogens with one attached hydrogen (secondary N) is 1. The largest absolute Gasteiger partial charge is 0.317 e. The van der Waals surface area contributed by atoms with Gasteiger partial charge in [-0.05, 0) is 38.3 Å². The van der Waals surface area contributed by atoms with Crippen molar-refractivity contribution in [2.24, 2.45) is 5.92 Å². The monoisotopic (exact) mass is 264 g/mol. The molecule has 17 heavy (non-hydrogen) atoms. The summed E-state index contributed by atoms with van der Waals surface area (Å²) in [6.45, 7) is 8.72. The molecule has 1 N–H and O–H groups in total. The van der Waals surface area contributed by atoms with Gasteiger partial charge < -0.3 is 5.32 Å². The lowest BCUT2D eigenvalue weighted by Gasteiger charge is -2.19. The van der Waals surface area contributed by atoms with Gasteiger partial charge in [0, 0.05) is 13.6 Å². The van der Waals surface area contributed by atoms with Crippen LogP contribution < -0.4 is 5.32 Å². The van der Waals surface area contributed by atoms with E-state index in [1.54, 1.807) is 7.05 Å². The Morgan fingerprint density at radius 1 is 1.18 bits per heavy atom. The fourth-order valence-corrected chi connectivity index (χ4v) is 3.03. The van der Waals surface area contributed by atoms with Crippen molar-refractivity contribution < 1.29 is 8.42 Å². The predicted molar refractivity (Wildman–Crippen MR) is 73.6 cm³/mol. The molecule has 0 spiro atoms. The van der Waals surface area contributed by atoms with Gasteiger partial charge in [-0.3, -0.25) is 0 Å². The van der Waals surface area contributed by atoms with Crippen LogP contribution in [0.3, 0.4) is 0 Å². The summed E-state index contributed by atoms with van der Waals surface area (Å²) >= 11 is 0. The number of unbranched alkanes of at least 4 members (excludes halogenated alkanes) is 1. The molecule has 0 amide bonds. The fraction of sp³-hybridized carbons (Fsp3) is 1.00. The summed E-state index contributed by atoms with van der Waals surface area (Å²) < 4.78 is 25.2. The van der Waals surface area contributed by atoms with Crippen molar-refractivity contribution in [3.05, 3.63) is 0 Å². The zero-order chi connectivity index (χ0) is 13.3. The Morgan fingerprint density at radius 2 is 1.82 bits per heavy atom. The van der Waals surface area contributed by atoms with Gasteiger partial charge in [0.05, 0.1) is 5.75 Å². The molecule has 0 aliphatic carbocycles. The first kappa shape index (κ1) is 16.9. The van der Waals surface area contributed by atoms with Crippen LogP contribution in [0.4, 0.5) is 0 Å². The van der Waals surface area contributed by atoms with E-state index in [4.69, 9.17) is 0 Å². The van der Waals surface area contributed by atoms with Crippen molar-refractivity contribution in [2.45, 2.75) is 40.0 Å². The van der Waals surface area contributed by atoms with Crippen molar-refractivity contribution in [1.82, 2.24) is 9.62 Å². The molecule has 0 saturated carbocycles. The topological polar surface area (TPSA) is 49.4 Å². The first-order chi connectivity index (χ1) is 7.90. The molecule has 4 nitrogen and oxygen atoms in total. The smallest absolute Gasteiger partial charge is 0.213 e. The van der Waals surface area contributed by atoms with E-state index in [0.717, 1.165) is 32.4 Å². The van der Waals surface area contributed by atoms with Gasteiger partial charge in [-0.15, -0.1) is 0 Å². The van der Waals surface area contributed by atoms with Gasteiger partial charge in [-0.1, -0.05) is 20.8 Å². The third-order valence-electron chi connectivity index (χ3n) is 2.53. The van der Waals surface area contributed by atoms with Crippen molar-refractivity contribution in [2.75, 3.05) is 32.4 Å². The molecule has 0 rings (SSSR count). The molecule has 0 unspecified atom stereocenters. The van der Waals surface area contributed by atoms with Crippen molar-refractivity contribution in [3.63, 3.8) is 0 Å². The second-order valence-electron chi connectivity index (χ2n) is 4.95. The Kier molecular flexibility index (Phi) is 8.82. The van der Waals surface area contributed by atoms with Crippen LogP contribution in [-0.2, 0) is 10.0 Å². The molecule has 0 fully saturated rings. The third kappa shape index (κ3) is 8.57. The van der Waals surface area contributed by atoms with Crippen LogP contribution in [0.25, 0.3) is 0 Å². The molecule has 0 aliphatic heterocycles. The molecule has 0 aromatic heterocycles. The standard InChI is InChI=1S/C12H28N2O2S/c1-5-8-13-9-6-7-10-17(15,16)14(4)11-12(2)3/h12-13H,5-11H2,1-4H3. The van der Waals surface area contributed by atoms with Gasteiger partial charge in [-0.2, -0.15) is 0 Å². The first-order valence-electron chi connectivity index (χ1n) is 6.55. The van der Waals surface area contributed by atoms with Crippen molar-refractivity contribution in [3.8, 4) is 0 Å². The van der Waals surface area contributed by atoms with Crippen LogP contribution in [0.15, 0.2) is 0 Å². The third-order valence-corrected chi connectivity index (χ3v) is 4.43. The fourth-order valence-electron chi connectivity index (χ4n) is 1.62. The Bertz CT molecular complexity index is 276. The van der Waals surface area contributed by atoms with Crippen molar-refractivity contribution in [1.29, 1.82) is 0 Å². The van der Waals surface area contributed by atoms with E-state index in [0.29, 0.717) is 12.5 Å². The summed E-state index contributed by atoms with van der Waals surface area (Å²) in [5.74, 6) is 0.644. The number of nitrogens with zero attached hydrogens (tertiary/aromatic N) is 1. The highest BCUT2D eigenvalue weighted by atomic mass is 32.2. The summed E-state index contributed by atoms with van der Waals surface area (Å²) in [5, 5.41) is 3.27. The van der Waals surface area contributed by atoms with Gasteiger partial charge >= 0.3 is 0 Å². The summed E-state index contributed by atoms with van der Waals surface area (Å²) in [6.07, 6.45) is 2.78. The highest BCUT2D eigenvalue weighted by Crippen LogP contribution is 2.05. The Balaban J connectivity index is 3.78. The summed E-state index contributed by atoms with van der Waals surface area (Å²) in [6, 6.07) is 0. The molecule has 0 aliphatic rings. The lowest BCUT2D eigenvalue weighted by atomic mass is 10.2. The molecule has 0 aromatic rings. The lowest BCUT2D eigenvalue weighted by Crippen LogP contribution is -2.32. The lowest BCUT2D eigenvalue weighted by molar-refractivity contribution is 0.416. The quantitative estimate of drug-likeness (QED) is 0.611. The van der Waals surface area contributed by atoms with Crippen LogP contribution >= 0.6 is 0 Å². The normalized spacial score (nSPS) is 12.6. The Labute approximate surface area is 107 Å². The SMILES string of the molecule is CCCNCCCCS(=O)(=O)N(C)CC(C)C. The minimum Gasteiger partial charge on any atom is -0.317 e. The van der Waals surface area contributed by atoms with E-state index in [-0.39, 0.29) is 5.75 Å². The van der Waals surface area contributed by atoms with Crippen LogP contribution in [0.5, 0.6) is 0 Å². The van der Waals surface area contributed by atoms with Crippen LogP contribution in [-0.4, -0.2) is 45.2 Å². The van der Waals surface area contributed by atoms with Crippen molar-refractivity contribution >= 4 is 10.0 Å². The average Bonchev–Trinajstić information content (AvgIpc) is 2.22. The van der Waals surface area contributed by atoms with Crippen LogP contribution in [0.1, 0.15) is 40.0 Å². The number of hydrogen-bond donors (Lipinski definition) is 1. The average molecular weight is 264 g/mol. The maximum Gasteiger partial charge on any atom is 0.213 e. The molecule has 0 bridgehead atoms. The van der Waals surface area contributed by atoms with Gasteiger partial charge in [0.2, 0.25) is 10.0 Å². The summed E-state index contributed by atoms with van der Waals surface area (Å²) in [7, 11) is -1.37. The zero-order valence-corrected chi connectivity index (χ0v) is 12.5. The number of hydrogen-bond acceptors (Lipinski definition) is 3. The number of sulfonamides is 1. The highest BCUT2D eigenvalue weighted by Gasteiger charge is 2.17. The first-order valence-corrected chi connectivity index (χ1v) is 8.15. The molecule has 0 atom stereocenters. The van der Waals surface area contributed by atoms with Gasteiger partial charge in [-0.25, -0.2) is 12.7 Å². The minimum absolute atomic E-state index is 0.268. The van der Waals surface area contributed by atoms with Gasteiger partial charge in [0.1, 0.15) is 0 Å². The predicted octanol–water partition coefficient (Wildman–Crippen LogP) is 1.68. The molecule has 104 valence electrons.